The van der Waals surface area contributed by atoms with Gasteiger partial charge in [0, 0.05) is 18.2 Å². The summed E-state index contributed by atoms with van der Waals surface area (Å²) < 4.78 is 11.0. The number of aliphatic imine (C=N–C) groups is 1. The second kappa shape index (κ2) is 8.52. The van der Waals surface area contributed by atoms with Crippen molar-refractivity contribution in [3.63, 3.8) is 0 Å². The van der Waals surface area contributed by atoms with Gasteiger partial charge in [0.1, 0.15) is 18.5 Å². The summed E-state index contributed by atoms with van der Waals surface area (Å²) in [4.78, 5) is 28.9. The molecule has 2 amide bonds. The van der Waals surface area contributed by atoms with Gasteiger partial charge in [-0.1, -0.05) is 35.0 Å². The number of hydrogen-bond donors (Lipinski definition) is 2. The van der Waals surface area contributed by atoms with E-state index in [1.807, 2.05) is 0 Å². The molecule has 2 aromatic rings. The van der Waals surface area contributed by atoms with E-state index in [1.54, 1.807) is 36.4 Å². The van der Waals surface area contributed by atoms with Crippen LogP contribution in [0.25, 0.3) is 0 Å². The Balaban J connectivity index is 1.39. The number of nitrogens with zero attached hydrogens (tertiary/aromatic N) is 1. The first kappa shape index (κ1) is 19.9. The monoisotopic (exact) mass is 451 g/mol. The highest BCUT2D eigenvalue weighted by Crippen LogP contribution is 2.35. The van der Waals surface area contributed by atoms with Gasteiger partial charge in [0.15, 0.2) is 16.7 Å². The first-order chi connectivity index (χ1) is 14.0. The maximum absolute atomic E-state index is 12.3. The number of thioether (sulfide) groups is 1. The van der Waals surface area contributed by atoms with Crippen LogP contribution in [0.15, 0.2) is 41.4 Å². The number of rotatable bonds is 4. The molecule has 0 radical (unpaired) electrons. The molecule has 0 unspecified atom stereocenters. The lowest BCUT2D eigenvalue weighted by Gasteiger charge is -2.18. The fourth-order valence-electron chi connectivity index (χ4n) is 2.77. The number of ether oxygens (including phenoxy) is 2. The number of amidine groups is 1. The molecule has 1 fully saturated rings. The molecule has 29 heavy (non-hydrogen) atoms. The third-order valence-corrected chi connectivity index (χ3v) is 5.93. The molecule has 7 nitrogen and oxygen atoms in total. The Morgan fingerprint density at radius 3 is 2.72 bits per heavy atom. The van der Waals surface area contributed by atoms with Crippen LogP contribution in [-0.2, 0) is 9.59 Å². The molecule has 2 N–H and O–H groups in total. The average molecular weight is 452 g/mol. The first-order valence-electron chi connectivity index (χ1n) is 8.69. The summed E-state index contributed by atoms with van der Waals surface area (Å²) in [5.74, 6) is 0.706. The number of amides is 2. The summed E-state index contributed by atoms with van der Waals surface area (Å²) in [6.45, 7) is 0.993. The Morgan fingerprint density at radius 2 is 1.93 bits per heavy atom. The first-order valence-corrected chi connectivity index (χ1v) is 10.3. The molecular weight excluding hydrogens is 437 g/mol. The molecule has 1 atom stereocenters. The molecule has 2 heterocycles. The molecule has 150 valence electrons. The minimum absolute atomic E-state index is 0.00307. The van der Waals surface area contributed by atoms with Crippen molar-refractivity contribution in [2.75, 3.05) is 18.5 Å². The molecule has 0 saturated carbocycles. The van der Waals surface area contributed by atoms with Crippen molar-refractivity contribution in [1.82, 2.24) is 5.32 Å². The third kappa shape index (κ3) is 4.77. The van der Waals surface area contributed by atoms with Gasteiger partial charge in [0.05, 0.1) is 15.7 Å². The number of benzene rings is 2. The summed E-state index contributed by atoms with van der Waals surface area (Å²) in [6.07, 6.45) is -0.00307. The van der Waals surface area contributed by atoms with Gasteiger partial charge in [0.2, 0.25) is 11.8 Å². The quantitative estimate of drug-likeness (QED) is 0.732. The lowest BCUT2D eigenvalue weighted by atomic mass is 10.2. The predicted molar refractivity (Wildman–Crippen MR) is 114 cm³/mol. The zero-order valence-electron chi connectivity index (χ0n) is 14.9. The van der Waals surface area contributed by atoms with E-state index in [4.69, 9.17) is 32.7 Å². The summed E-state index contributed by atoms with van der Waals surface area (Å²) in [5.41, 5.74) is 1.14. The van der Waals surface area contributed by atoms with Gasteiger partial charge in [-0.15, -0.1) is 0 Å². The molecule has 0 aromatic heterocycles. The van der Waals surface area contributed by atoms with Gasteiger partial charge < -0.3 is 20.1 Å². The second-order valence-electron chi connectivity index (χ2n) is 6.22. The van der Waals surface area contributed by atoms with E-state index < -0.39 is 5.25 Å². The fourth-order valence-corrected chi connectivity index (χ4v) is 4.05. The topological polar surface area (TPSA) is 89.0 Å². The number of hydrogen-bond acceptors (Lipinski definition) is 6. The van der Waals surface area contributed by atoms with Gasteiger partial charge in [-0.05, 0) is 30.3 Å². The van der Waals surface area contributed by atoms with Crippen molar-refractivity contribution >= 4 is 63.3 Å². The number of carbonyl (C=O) groups excluding carboxylic acids is 2. The van der Waals surface area contributed by atoms with Crippen LogP contribution in [0, 0.1) is 0 Å². The van der Waals surface area contributed by atoms with Crippen LogP contribution in [0.1, 0.15) is 6.42 Å². The molecular formula is C19H15Cl2N3O4S. The average Bonchev–Trinajstić information content (AvgIpc) is 3.03. The van der Waals surface area contributed by atoms with Crippen molar-refractivity contribution in [2.24, 2.45) is 4.99 Å². The van der Waals surface area contributed by atoms with Crippen LogP contribution >= 0.6 is 35.0 Å². The van der Waals surface area contributed by atoms with Gasteiger partial charge in [-0.2, -0.15) is 0 Å². The zero-order valence-corrected chi connectivity index (χ0v) is 17.2. The van der Waals surface area contributed by atoms with Crippen molar-refractivity contribution < 1.29 is 19.1 Å². The summed E-state index contributed by atoms with van der Waals surface area (Å²) in [7, 11) is 0. The van der Waals surface area contributed by atoms with E-state index in [2.05, 4.69) is 15.6 Å². The molecule has 2 aliphatic rings. The standard InChI is InChI=1S/C19H15Cl2N3O4S/c20-12-3-1-10(7-13(12)21)22-17(25)9-16-18(26)24-19(29-16)23-11-2-4-14-15(8-11)28-6-5-27-14/h1-4,7-8,16H,5-6,9H2,(H,22,25)(H,23,24,26)/t16-/m1/s1. The zero-order chi connectivity index (χ0) is 20.4. The Morgan fingerprint density at radius 1 is 1.14 bits per heavy atom. The maximum atomic E-state index is 12.3. The van der Waals surface area contributed by atoms with Gasteiger partial charge in [-0.3, -0.25) is 9.59 Å². The molecule has 0 aliphatic carbocycles. The number of nitrogens with one attached hydrogen (secondary N) is 2. The second-order valence-corrected chi connectivity index (χ2v) is 8.23. The largest absolute Gasteiger partial charge is 0.486 e. The molecule has 0 bridgehead atoms. The number of anilines is 1. The fraction of sp³-hybridized carbons (Fsp3) is 0.211. The van der Waals surface area contributed by atoms with Crippen LogP contribution in [0.3, 0.4) is 0 Å². The molecule has 2 aliphatic heterocycles. The summed E-state index contributed by atoms with van der Waals surface area (Å²) >= 11 is 13.0. The van der Waals surface area contributed by atoms with E-state index >= 15 is 0 Å². The van der Waals surface area contributed by atoms with Crippen LogP contribution in [0.4, 0.5) is 11.4 Å². The SMILES string of the molecule is O=C(C[C@H]1SC(=Nc2ccc3c(c2)OCCO3)NC1=O)Nc1ccc(Cl)c(Cl)c1. The Hall–Kier alpha value is -2.42. The van der Waals surface area contributed by atoms with E-state index in [0.717, 1.165) is 0 Å². The van der Waals surface area contributed by atoms with E-state index in [0.29, 0.717) is 51.3 Å². The molecule has 0 spiro atoms. The van der Waals surface area contributed by atoms with Crippen LogP contribution in [0.5, 0.6) is 11.5 Å². The summed E-state index contributed by atoms with van der Waals surface area (Å²) in [6, 6.07) is 10.1. The van der Waals surface area contributed by atoms with Gasteiger partial charge in [-0.25, -0.2) is 4.99 Å². The highest BCUT2D eigenvalue weighted by atomic mass is 35.5. The smallest absolute Gasteiger partial charge is 0.240 e. The highest BCUT2D eigenvalue weighted by molar-refractivity contribution is 8.15. The number of fused-ring (bicyclic) bond motifs is 1. The lowest BCUT2D eigenvalue weighted by molar-refractivity contribution is -0.122. The van der Waals surface area contributed by atoms with E-state index in [-0.39, 0.29) is 18.2 Å². The number of halogens is 2. The van der Waals surface area contributed by atoms with Crippen molar-refractivity contribution in [2.45, 2.75) is 11.7 Å². The Bertz CT molecular complexity index is 1010. The van der Waals surface area contributed by atoms with E-state index in [9.17, 15) is 9.59 Å². The van der Waals surface area contributed by atoms with Crippen molar-refractivity contribution in [3.8, 4) is 11.5 Å². The predicted octanol–water partition coefficient (Wildman–Crippen LogP) is 4.01. The highest BCUT2D eigenvalue weighted by Gasteiger charge is 2.32. The molecule has 2 aromatic carbocycles. The molecule has 10 heteroatoms. The molecule has 4 rings (SSSR count). The van der Waals surface area contributed by atoms with Crippen LogP contribution in [0.2, 0.25) is 10.0 Å². The van der Waals surface area contributed by atoms with Gasteiger partial charge in [0.25, 0.3) is 0 Å². The lowest BCUT2D eigenvalue weighted by Crippen LogP contribution is -2.28. The minimum atomic E-state index is -0.575. The Kier molecular flexibility index (Phi) is 5.84. The Labute approximate surface area is 180 Å². The maximum Gasteiger partial charge on any atom is 0.240 e. The summed E-state index contributed by atoms with van der Waals surface area (Å²) in [5, 5.41) is 6.00. The number of carbonyl (C=O) groups is 2. The van der Waals surface area contributed by atoms with Gasteiger partial charge >= 0.3 is 0 Å². The van der Waals surface area contributed by atoms with Crippen LogP contribution in [-0.4, -0.2) is 35.4 Å². The normalized spacial score (nSPS) is 19.2. The van der Waals surface area contributed by atoms with Crippen LogP contribution < -0.4 is 20.1 Å². The van der Waals surface area contributed by atoms with E-state index in [1.165, 1.54) is 11.8 Å². The minimum Gasteiger partial charge on any atom is -0.486 e. The van der Waals surface area contributed by atoms with Crippen molar-refractivity contribution in [1.29, 1.82) is 0 Å². The van der Waals surface area contributed by atoms with Crippen molar-refractivity contribution in [3.05, 3.63) is 46.4 Å². The molecule has 1 saturated heterocycles. The third-order valence-electron chi connectivity index (χ3n) is 4.11.